The molecule has 2 rings (SSSR count). The molecule has 1 unspecified atom stereocenters. The van der Waals surface area contributed by atoms with Crippen molar-refractivity contribution in [2.75, 3.05) is 0 Å². The van der Waals surface area contributed by atoms with Crippen molar-refractivity contribution in [1.82, 2.24) is 0 Å². The number of rotatable bonds is 3. The number of thioether (sulfide) groups is 1. The zero-order chi connectivity index (χ0) is 11.6. The highest BCUT2D eigenvalue weighted by molar-refractivity contribution is 8.00. The third-order valence-corrected chi connectivity index (χ3v) is 4.38. The molecular weight excluding hydrogens is 220 g/mol. The smallest absolute Gasteiger partial charge is 0.340 e. The lowest BCUT2D eigenvalue weighted by Gasteiger charge is -2.35. The van der Waals surface area contributed by atoms with Crippen LogP contribution in [0.15, 0.2) is 29.2 Å². The molecule has 1 aliphatic rings. The second-order valence-electron chi connectivity index (χ2n) is 4.00. The second kappa shape index (κ2) is 4.50. The summed E-state index contributed by atoms with van der Waals surface area (Å²) in [7, 11) is 0. The fraction of sp³-hybridized carbons (Fsp3) is 0.462. The number of carbonyl (C=O) groups is 1. The van der Waals surface area contributed by atoms with Crippen LogP contribution in [0.3, 0.4) is 0 Å². The summed E-state index contributed by atoms with van der Waals surface area (Å²) in [5, 5.41) is 0. The second-order valence-corrected chi connectivity index (χ2v) is 5.39. The summed E-state index contributed by atoms with van der Waals surface area (Å²) in [6, 6.07) is 7.67. The Kier molecular flexibility index (Phi) is 3.24. The predicted octanol–water partition coefficient (Wildman–Crippen LogP) is 3.86. The number of hydrogen-bond donors (Lipinski definition) is 0. The van der Waals surface area contributed by atoms with Crippen molar-refractivity contribution < 1.29 is 9.53 Å². The number of benzene rings is 1. The van der Waals surface area contributed by atoms with Crippen LogP contribution in [0.25, 0.3) is 0 Å². The molecule has 3 heteroatoms. The Morgan fingerprint density at radius 2 is 2.06 bits per heavy atom. The van der Waals surface area contributed by atoms with Gasteiger partial charge in [-0.3, -0.25) is 0 Å². The molecule has 0 N–H and O–H groups in total. The number of fused-ring (bicyclic) bond motifs is 1. The highest BCUT2D eigenvalue weighted by Crippen LogP contribution is 2.45. The van der Waals surface area contributed by atoms with Crippen LogP contribution >= 0.6 is 11.8 Å². The van der Waals surface area contributed by atoms with E-state index >= 15 is 0 Å². The number of ether oxygens (including phenoxy) is 1. The van der Waals surface area contributed by atoms with Crippen LogP contribution in [0.1, 0.15) is 43.5 Å². The van der Waals surface area contributed by atoms with Crippen molar-refractivity contribution in [2.45, 2.75) is 42.9 Å². The number of hydrogen-bond acceptors (Lipinski definition) is 3. The summed E-state index contributed by atoms with van der Waals surface area (Å²) < 4.78 is 5.61. The fourth-order valence-electron chi connectivity index (χ4n) is 1.97. The van der Waals surface area contributed by atoms with E-state index < -0.39 is 0 Å². The van der Waals surface area contributed by atoms with Gasteiger partial charge in [0.25, 0.3) is 0 Å². The molecule has 1 heterocycles. The van der Waals surface area contributed by atoms with Gasteiger partial charge in [-0.2, -0.15) is 0 Å². The monoisotopic (exact) mass is 236 g/mol. The van der Waals surface area contributed by atoms with Crippen molar-refractivity contribution in [2.24, 2.45) is 0 Å². The maximum atomic E-state index is 11.9. The van der Waals surface area contributed by atoms with Crippen LogP contribution in [0, 0.1) is 0 Å². The molecule has 1 atom stereocenters. The summed E-state index contributed by atoms with van der Waals surface area (Å²) in [4.78, 5) is 12.6. The summed E-state index contributed by atoms with van der Waals surface area (Å²) in [5.41, 5.74) is 0.702. The van der Waals surface area contributed by atoms with Crippen LogP contribution < -0.4 is 0 Å². The highest BCUT2D eigenvalue weighted by Gasteiger charge is 2.38. The molecule has 1 aliphatic heterocycles. The standard InChI is InChI=1S/C13H16O2S/c1-3-9-13(4-2)15-12(14)10-7-5-6-8-11(10)16-13/h5-8H,3-4,9H2,1-2H3. The zero-order valence-corrected chi connectivity index (χ0v) is 10.5. The Morgan fingerprint density at radius 1 is 1.31 bits per heavy atom. The molecule has 0 aliphatic carbocycles. The van der Waals surface area contributed by atoms with Crippen LogP contribution in [-0.4, -0.2) is 10.9 Å². The van der Waals surface area contributed by atoms with Gasteiger partial charge in [0, 0.05) is 4.90 Å². The first-order valence-electron chi connectivity index (χ1n) is 5.72. The third kappa shape index (κ3) is 1.96. The molecule has 2 nitrogen and oxygen atoms in total. The minimum Gasteiger partial charge on any atom is -0.444 e. The average Bonchev–Trinajstić information content (AvgIpc) is 2.29. The maximum absolute atomic E-state index is 11.9. The van der Waals surface area contributed by atoms with Gasteiger partial charge < -0.3 is 4.74 Å². The molecule has 0 aromatic heterocycles. The topological polar surface area (TPSA) is 26.3 Å². The molecule has 86 valence electrons. The van der Waals surface area contributed by atoms with E-state index in [1.54, 1.807) is 11.8 Å². The number of esters is 1. The van der Waals surface area contributed by atoms with Crippen molar-refractivity contribution in [3.8, 4) is 0 Å². The maximum Gasteiger partial charge on any atom is 0.340 e. The van der Waals surface area contributed by atoms with Gasteiger partial charge in [0.1, 0.15) is 0 Å². The Bertz CT molecular complexity index is 403. The van der Waals surface area contributed by atoms with E-state index in [1.165, 1.54) is 0 Å². The van der Waals surface area contributed by atoms with E-state index in [2.05, 4.69) is 13.8 Å². The molecule has 16 heavy (non-hydrogen) atoms. The Balaban J connectivity index is 2.35. The quantitative estimate of drug-likeness (QED) is 0.745. The lowest BCUT2D eigenvalue weighted by molar-refractivity contribution is 0.0133. The molecule has 0 saturated heterocycles. The van der Waals surface area contributed by atoms with Gasteiger partial charge in [0.15, 0.2) is 4.93 Å². The van der Waals surface area contributed by atoms with Gasteiger partial charge in [-0.25, -0.2) is 4.79 Å². The summed E-state index contributed by atoms with van der Waals surface area (Å²) in [5.74, 6) is -0.176. The Morgan fingerprint density at radius 3 is 2.75 bits per heavy atom. The highest BCUT2D eigenvalue weighted by atomic mass is 32.2. The van der Waals surface area contributed by atoms with E-state index in [0.717, 1.165) is 24.2 Å². The SMILES string of the molecule is CCCC1(CC)OC(=O)c2ccccc2S1. The van der Waals surface area contributed by atoms with Crippen molar-refractivity contribution in [3.05, 3.63) is 29.8 Å². The lowest BCUT2D eigenvalue weighted by atomic mass is 10.1. The zero-order valence-electron chi connectivity index (χ0n) is 9.66. The Labute approximate surface area is 100 Å². The van der Waals surface area contributed by atoms with Gasteiger partial charge >= 0.3 is 5.97 Å². The normalized spacial score (nSPS) is 23.8. The summed E-state index contributed by atoms with van der Waals surface area (Å²) in [6.07, 6.45) is 2.79. The summed E-state index contributed by atoms with van der Waals surface area (Å²) in [6.45, 7) is 4.19. The van der Waals surface area contributed by atoms with Gasteiger partial charge in [0.05, 0.1) is 5.56 Å². The molecule has 1 aromatic rings. The molecule has 0 radical (unpaired) electrons. The predicted molar refractivity (Wildman–Crippen MR) is 65.6 cm³/mol. The minimum atomic E-state index is -0.347. The molecular formula is C13H16O2S. The van der Waals surface area contributed by atoms with E-state index in [0.29, 0.717) is 5.56 Å². The third-order valence-electron chi connectivity index (χ3n) is 2.85. The van der Waals surface area contributed by atoms with E-state index in [1.807, 2.05) is 24.3 Å². The molecule has 1 aromatic carbocycles. The Hall–Kier alpha value is -0.960. The van der Waals surface area contributed by atoms with Crippen LogP contribution in [0.5, 0.6) is 0 Å². The first-order valence-corrected chi connectivity index (χ1v) is 6.54. The molecule has 0 spiro atoms. The van der Waals surface area contributed by atoms with E-state index in [-0.39, 0.29) is 10.9 Å². The van der Waals surface area contributed by atoms with E-state index in [4.69, 9.17) is 4.74 Å². The molecule has 0 amide bonds. The average molecular weight is 236 g/mol. The van der Waals surface area contributed by atoms with Crippen molar-refractivity contribution in [1.29, 1.82) is 0 Å². The minimum absolute atomic E-state index is 0.176. The van der Waals surface area contributed by atoms with Gasteiger partial charge in [-0.05, 0) is 25.0 Å². The van der Waals surface area contributed by atoms with Gasteiger partial charge in [-0.1, -0.05) is 44.2 Å². The largest absolute Gasteiger partial charge is 0.444 e. The lowest BCUT2D eigenvalue weighted by Crippen LogP contribution is -2.34. The van der Waals surface area contributed by atoms with Crippen molar-refractivity contribution in [3.63, 3.8) is 0 Å². The number of cyclic esters (lactones) is 1. The van der Waals surface area contributed by atoms with Gasteiger partial charge in [0.2, 0.25) is 0 Å². The van der Waals surface area contributed by atoms with Crippen LogP contribution in [0.2, 0.25) is 0 Å². The summed E-state index contributed by atoms with van der Waals surface area (Å²) >= 11 is 1.69. The van der Waals surface area contributed by atoms with E-state index in [9.17, 15) is 4.79 Å². The fourth-order valence-corrected chi connectivity index (χ4v) is 3.35. The number of carbonyl (C=O) groups excluding carboxylic acids is 1. The van der Waals surface area contributed by atoms with Gasteiger partial charge in [-0.15, -0.1) is 0 Å². The molecule has 0 fully saturated rings. The first kappa shape index (κ1) is 11.5. The van der Waals surface area contributed by atoms with Crippen LogP contribution in [-0.2, 0) is 4.74 Å². The first-order chi connectivity index (χ1) is 7.71. The molecule has 0 bridgehead atoms. The van der Waals surface area contributed by atoms with Crippen LogP contribution in [0.4, 0.5) is 0 Å². The molecule has 0 saturated carbocycles. The van der Waals surface area contributed by atoms with Crippen molar-refractivity contribution >= 4 is 17.7 Å².